The topological polar surface area (TPSA) is 63.9 Å². The monoisotopic (exact) mass is 395 g/mol. The van der Waals surface area contributed by atoms with E-state index in [0.717, 1.165) is 54.6 Å². The van der Waals surface area contributed by atoms with Crippen LogP contribution in [0.2, 0.25) is 0 Å². The van der Waals surface area contributed by atoms with Crippen LogP contribution >= 0.6 is 11.3 Å². The minimum atomic E-state index is 0.0675. The van der Waals surface area contributed by atoms with E-state index < -0.39 is 0 Å². The molecule has 3 heterocycles. The van der Waals surface area contributed by atoms with E-state index in [-0.39, 0.29) is 11.9 Å². The summed E-state index contributed by atoms with van der Waals surface area (Å²) in [5, 5.41) is 9.61. The van der Waals surface area contributed by atoms with Gasteiger partial charge in [0.25, 0.3) is 0 Å². The second-order valence-corrected chi connectivity index (χ2v) is 9.07. The molecule has 2 aliphatic rings. The van der Waals surface area contributed by atoms with E-state index in [9.17, 15) is 4.79 Å². The number of likely N-dealkylation sites (tertiary alicyclic amines) is 1. The predicted molar refractivity (Wildman–Crippen MR) is 109 cm³/mol. The Hall–Kier alpha value is -2.28. The molecule has 5 rings (SSSR count). The summed E-state index contributed by atoms with van der Waals surface area (Å²) in [6.07, 6.45) is 8.84. The summed E-state index contributed by atoms with van der Waals surface area (Å²) in [5.41, 5.74) is 1.03. The number of benzene rings is 1. The molecule has 0 N–H and O–H groups in total. The summed E-state index contributed by atoms with van der Waals surface area (Å²) in [6, 6.07) is 8.23. The van der Waals surface area contributed by atoms with Gasteiger partial charge in [-0.1, -0.05) is 12.1 Å². The first kappa shape index (κ1) is 17.8. The Balaban J connectivity index is 1.29. The highest BCUT2D eigenvalue weighted by atomic mass is 32.1. The van der Waals surface area contributed by atoms with Crippen molar-refractivity contribution in [1.82, 2.24) is 24.6 Å². The maximum Gasteiger partial charge on any atom is 0.223 e. The van der Waals surface area contributed by atoms with Gasteiger partial charge in [-0.05, 0) is 50.2 Å². The van der Waals surface area contributed by atoms with Crippen LogP contribution in [-0.2, 0) is 17.8 Å². The van der Waals surface area contributed by atoms with Crippen molar-refractivity contribution in [2.75, 3.05) is 6.54 Å². The number of carbonyl (C=O) groups excluding carboxylic acids is 1. The molecule has 6 nitrogen and oxygen atoms in total. The molecule has 7 heteroatoms. The number of thiazole rings is 1. The first-order chi connectivity index (χ1) is 13.8. The van der Waals surface area contributed by atoms with Crippen molar-refractivity contribution < 1.29 is 4.79 Å². The molecule has 1 saturated carbocycles. The van der Waals surface area contributed by atoms with E-state index in [0.29, 0.717) is 12.8 Å². The van der Waals surface area contributed by atoms with Crippen molar-refractivity contribution >= 4 is 27.5 Å². The number of nitrogens with zero attached hydrogens (tertiary/aromatic N) is 5. The van der Waals surface area contributed by atoms with Crippen LogP contribution in [0.4, 0.5) is 0 Å². The van der Waals surface area contributed by atoms with Gasteiger partial charge in [0.05, 0.1) is 21.3 Å². The van der Waals surface area contributed by atoms with Gasteiger partial charge in [0.2, 0.25) is 5.91 Å². The molecular formula is C21H25N5OS. The Morgan fingerprint density at radius 2 is 2.07 bits per heavy atom. The number of amides is 1. The van der Waals surface area contributed by atoms with Crippen molar-refractivity contribution in [1.29, 1.82) is 0 Å². The zero-order valence-electron chi connectivity index (χ0n) is 16.0. The average Bonchev–Trinajstić information content (AvgIpc) is 3.25. The maximum atomic E-state index is 13.1. The number of fused-ring (bicyclic) bond motifs is 1. The third kappa shape index (κ3) is 3.68. The fraction of sp³-hybridized carbons (Fsp3) is 0.524. The molecule has 146 valence electrons. The predicted octanol–water partition coefficient (Wildman–Crippen LogP) is 3.98. The SMILES string of the molecule is O=C(CCc1nc2ccccc2s1)N1CCCCC1c1nncn1CC1CC1. The highest BCUT2D eigenvalue weighted by molar-refractivity contribution is 7.18. The molecule has 1 unspecified atom stereocenters. The number of aryl methyl sites for hydroxylation is 1. The minimum Gasteiger partial charge on any atom is -0.332 e. The Bertz CT molecular complexity index is 943. The van der Waals surface area contributed by atoms with Gasteiger partial charge in [0.15, 0.2) is 5.82 Å². The van der Waals surface area contributed by atoms with Gasteiger partial charge in [0.1, 0.15) is 6.33 Å². The van der Waals surface area contributed by atoms with Crippen LogP contribution in [0.15, 0.2) is 30.6 Å². The highest BCUT2D eigenvalue weighted by Crippen LogP contribution is 2.34. The van der Waals surface area contributed by atoms with Gasteiger partial charge in [-0.2, -0.15) is 0 Å². The molecule has 0 radical (unpaired) electrons. The van der Waals surface area contributed by atoms with Gasteiger partial charge >= 0.3 is 0 Å². The van der Waals surface area contributed by atoms with E-state index >= 15 is 0 Å². The molecule has 28 heavy (non-hydrogen) atoms. The lowest BCUT2D eigenvalue weighted by molar-refractivity contribution is -0.135. The summed E-state index contributed by atoms with van der Waals surface area (Å²) in [6.45, 7) is 1.81. The van der Waals surface area contributed by atoms with Crippen molar-refractivity contribution in [3.63, 3.8) is 0 Å². The molecule has 2 fully saturated rings. The molecule has 0 spiro atoms. The van der Waals surface area contributed by atoms with Gasteiger partial charge in [0, 0.05) is 25.9 Å². The van der Waals surface area contributed by atoms with Crippen molar-refractivity contribution in [3.05, 3.63) is 41.4 Å². The Morgan fingerprint density at radius 1 is 1.18 bits per heavy atom. The molecule has 2 aromatic heterocycles. The highest BCUT2D eigenvalue weighted by Gasteiger charge is 2.32. The summed E-state index contributed by atoms with van der Waals surface area (Å²) in [7, 11) is 0. The Kier molecular flexibility index (Phi) is 4.84. The number of hydrogen-bond acceptors (Lipinski definition) is 5. The molecule has 3 aromatic rings. The summed E-state index contributed by atoms with van der Waals surface area (Å²) in [4.78, 5) is 19.8. The second kappa shape index (κ2) is 7.62. The largest absolute Gasteiger partial charge is 0.332 e. The number of rotatable bonds is 6. The number of para-hydroxylation sites is 1. The van der Waals surface area contributed by atoms with Crippen molar-refractivity contribution in [2.24, 2.45) is 5.92 Å². The van der Waals surface area contributed by atoms with Crippen LogP contribution in [0.1, 0.15) is 55.4 Å². The quantitative estimate of drug-likeness (QED) is 0.633. The van der Waals surface area contributed by atoms with Crippen molar-refractivity contribution in [3.8, 4) is 0 Å². The van der Waals surface area contributed by atoms with Gasteiger partial charge in [-0.25, -0.2) is 4.98 Å². The molecular weight excluding hydrogens is 370 g/mol. The minimum absolute atomic E-state index is 0.0675. The average molecular weight is 396 g/mol. The number of piperidine rings is 1. The Labute approximate surface area is 168 Å². The normalized spacial score (nSPS) is 20.0. The lowest BCUT2D eigenvalue weighted by Gasteiger charge is -2.35. The van der Waals surface area contributed by atoms with Crippen LogP contribution in [0.3, 0.4) is 0 Å². The van der Waals surface area contributed by atoms with Crippen LogP contribution in [0, 0.1) is 5.92 Å². The first-order valence-electron chi connectivity index (χ1n) is 10.3. The molecule has 0 bridgehead atoms. The van der Waals surface area contributed by atoms with E-state index in [4.69, 9.17) is 0 Å². The number of hydrogen-bond donors (Lipinski definition) is 0. The van der Waals surface area contributed by atoms with Gasteiger partial charge in [-0.3, -0.25) is 4.79 Å². The molecule has 1 aliphatic heterocycles. The third-order valence-electron chi connectivity index (χ3n) is 5.81. The molecule has 1 saturated heterocycles. The van der Waals surface area contributed by atoms with E-state index in [2.05, 4.69) is 25.8 Å². The van der Waals surface area contributed by atoms with Gasteiger partial charge in [-0.15, -0.1) is 21.5 Å². The van der Waals surface area contributed by atoms with E-state index in [1.165, 1.54) is 17.5 Å². The summed E-state index contributed by atoms with van der Waals surface area (Å²) < 4.78 is 3.37. The molecule has 1 aliphatic carbocycles. The van der Waals surface area contributed by atoms with Crippen LogP contribution in [-0.4, -0.2) is 37.1 Å². The Morgan fingerprint density at radius 3 is 2.93 bits per heavy atom. The molecule has 1 amide bonds. The van der Waals surface area contributed by atoms with E-state index in [1.807, 2.05) is 29.4 Å². The molecule has 1 aromatic carbocycles. The first-order valence-corrected chi connectivity index (χ1v) is 11.1. The number of aromatic nitrogens is 4. The fourth-order valence-corrected chi connectivity index (χ4v) is 5.09. The standard InChI is InChI=1S/C21H25N5OS/c27-20(11-10-19-23-16-5-1-2-7-18(16)28-19)26-12-4-3-6-17(26)21-24-22-14-25(21)13-15-8-9-15/h1-2,5,7,14-15,17H,3-4,6,8-13H2. The fourth-order valence-electron chi connectivity index (χ4n) is 4.12. The smallest absolute Gasteiger partial charge is 0.223 e. The van der Waals surface area contributed by atoms with E-state index in [1.54, 1.807) is 11.3 Å². The second-order valence-electron chi connectivity index (χ2n) is 7.96. The zero-order valence-corrected chi connectivity index (χ0v) is 16.8. The van der Waals surface area contributed by atoms with Crippen LogP contribution in [0.25, 0.3) is 10.2 Å². The lowest BCUT2D eigenvalue weighted by atomic mass is 10.0. The van der Waals surface area contributed by atoms with Crippen LogP contribution < -0.4 is 0 Å². The zero-order chi connectivity index (χ0) is 18.9. The van der Waals surface area contributed by atoms with Crippen molar-refractivity contribution in [2.45, 2.75) is 57.5 Å². The maximum absolute atomic E-state index is 13.1. The molecule has 1 atom stereocenters. The van der Waals surface area contributed by atoms with Gasteiger partial charge < -0.3 is 9.47 Å². The number of carbonyl (C=O) groups is 1. The summed E-state index contributed by atoms with van der Waals surface area (Å²) >= 11 is 1.69. The summed E-state index contributed by atoms with van der Waals surface area (Å²) in [5.74, 6) is 1.95. The third-order valence-corrected chi connectivity index (χ3v) is 6.91. The lowest BCUT2D eigenvalue weighted by Crippen LogP contribution is -2.39. The van der Waals surface area contributed by atoms with Crippen LogP contribution in [0.5, 0.6) is 0 Å².